The average Bonchev–Trinajstić information content (AvgIpc) is 2.44. The van der Waals surface area contributed by atoms with Crippen LogP contribution in [-0.2, 0) is 0 Å². The fourth-order valence-corrected chi connectivity index (χ4v) is 2.72. The molecule has 0 radical (unpaired) electrons. The predicted molar refractivity (Wildman–Crippen MR) is 85.4 cm³/mol. The van der Waals surface area contributed by atoms with E-state index in [-0.39, 0.29) is 5.43 Å². The maximum atomic E-state index is 12.3. The summed E-state index contributed by atoms with van der Waals surface area (Å²) in [7, 11) is 0. The third-order valence-corrected chi connectivity index (χ3v) is 4.04. The van der Waals surface area contributed by atoms with Gasteiger partial charge in [-0.3, -0.25) is 4.79 Å². The summed E-state index contributed by atoms with van der Waals surface area (Å²) < 4.78 is 6.52. The summed E-state index contributed by atoms with van der Waals surface area (Å²) in [5, 5.41) is 0.628. The van der Waals surface area contributed by atoms with E-state index in [9.17, 15) is 4.79 Å². The molecule has 1 heterocycles. The Morgan fingerprint density at radius 3 is 2.42 bits per heavy atom. The molecule has 0 unspecified atom stereocenters. The van der Waals surface area contributed by atoms with Crippen LogP contribution in [0.1, 0.15) is 5.56 Å². The molecule has 0 aliphatic rings. The van der Waals surface area contributed by atoms with E-state index < -0.39 is 0 Å². The van der Waals surface area contributed by atoms with Gasteiger partial charge in [0.05, 0.1) is 5.39 Å². The second-order valence-electron chi connectivity index (χ2n) is 4.44. The number of fused-ring (bicyclic) bond motifs is 1. The molecule has 0 saturated carbocycles. The zero-order chi connectivity index (χ0) is 13.4. The number of hydrogen-bond donors (Lipinski definition) is 0. The zero-order valence-corrected chi connectivity index (χ0v) is 12.5. The SMILES string of the molecule is Cc1ccc(-c2oc3ccccc3c(=O)c2I)cc1. The smallest absolute Gasteiger partial charge is 0.206 e. The molecule has 0 amide bonds. The van der Waals surface area contributed by atoms with Crippen molar-refractivity contribution in [1.29, 1.82) is 0 Å². The van der Waals surface area contributed by atoms with Crippen molar-refractivity contribution in [2.75, 3.05) is 0 Å². The zero-order valence-electron chi connectivity index (χ0n) is 10.3. The van der Waals surface area contributed by atoms with Gasteiger partial charge in [-0.2, -0.15) is 0 Å². The lowest BCUT2D eigenvalue weighted by Gasteiger charge is -2.06. The van der Waals surface area contributed by atoms with Crippen LogP contribution in [0, 0.1) is 10.5 Å². The molecule has 0 saturated heterocycles. The fourth-order valence-electron chi connectivity index (χ4n) is 2.01. The Morgan fingerprint density at radius 1 is 1.00 bits per heavy atom. The second-order valence-corrected chi connectivity index (χ2v) is 5.52. The number of benzene rings is 2. The van der Waals surface area contributed by atoms with Crippen molar-refractivity contribution in [3.63, 3.8) is 0 Å². The summed E-state index contributed by atoms with van der Waals surface area (Å²) in [5.41, 5.74) is 2.77. The van der Waals surface area contributed by atoms with Gasteiger partial charge in [0.25, 0.3) is 0 Å². The maximum absolute atomic E-state index is 12.3. The van der Waals surface area contributed by atoms with Crippen molar-refractivity contribution in [3.05, 3.63) is 67.9 Å². The Labute approximate surface area is 124 Å². The largest absolute Gasteiger partial charge is 0.455 e. The Balaban J connectivity index is 2.33. The Hall–Kier alpha value is -1.62. The van der Waals surface area contributed by atoms with Gasteiger partial charge in [0.2, 0.25) is 5.43 Å². The van der Waals surface area contributed by atoms with Crippen molar-refractivity contribution < 1.29 is 4.42 Å². The van der Waals surface area contributed by atoms with Crippen LogP contribution in [0.2, 0.25) is 0 Å². The monoisotopic (exact) mass is 362 g/mol. The highest BCUT2D eigenvalue weighted by atomic mass is 127. The van der Waals surface area contributed by atoms with Gasteiger partial charge < -0.3 is 4.42 Å². The number of aryl methyl sites for hydroxylation is 1. The highest BCUT2D eigenvalue weighted by Gasteiger charge is 2.13. The summed E-state index contributed by atoms with van der Waals surface area (Å²) in [6, 6.07) is 15.3. The summed E-state index contributed by atoms with van der Waals surface area (Å²) in [4.78, 5) is 12.3. The molecular weight excluding hydrogens is 351 g/mol. The standard InChI is InChI=1S/C16H11IO2/c1-10-6-8-11(9-7-10)16-14(17)15(18)12-4-2-3-5-13(12)19-16/h2-9H,1H3. The van der Waals surface area contributed by atoms with E-state index in [4.69, 9.17) is 4.42 Å². The topological polar surface area (TPSA) is 30.2 Å². The molecule has 0 fully saturated rings. The van der Waals surface area contributed by atoms with Gasteiger partial charge in [-0.1, -0.05) is 42.0 Å². The minimum absolute atomic E-state index is 0.0259. The van der Waals surface area contributed by atoms with Crippen LogP contribution in [0.3, 0.4) is 0 Å². The molecular formula is C16H11IO2. The summed E-state index contributed by atoms with van der Waals surface area (Å²) in [6.07, 6.45) is 0. The van der Waals surface area contributed by atoms with E-state index in [2.05, 4.69) is 22.6 Å². The second kappa shape index (κ2) is 4.81. The van der Waals surface area contributed by atoms with E-state index in [1.165, 1.54) is 5.56 Å². The summed E-state index contributed by atoms with van der Waals surface area (Å²) >= 11 is 2.06. The first kappa shape index (κ1) is 12.4. The molecule has 3 aromatic rings. The highest BCUT2D eigenvalue weighted by molar-refractivity contribution is 14.1. The van der Waals surface area contributed by atoms with Gasteiger partial charge in [0, 0.05) is 5.56 Å². The number of rotatable bonds is 1. The lowest BCUT2D eigenvalue weighted by Crippen LogP contribution is -2.07. The van der Waals surface area contributed by atoms with Crippen molar-refractivity contribution in [1.82, 2.24) is 0 Å². The molecule has 3 rings (SSSR count). The van der Waals surface area contributed by atoms with Gasteiger partial charge in [-0.05, 0) is 41.6 Å². The van der Waals surface area contributed by atoms with Gasteiger partial charge in [0.1, 0.15) is 9.15 Å². The first-order valence-electron chi connectivity index (χ1n) is 5.95. The quantitative estimate of drug-likeness (QED) is 0.602. The third kappa shape index (κ3) is 2.18. The van der Waals surface area contributed by atoms with Crippen molar-refractivity contribution in [3.8, 4) is 11.3 Å². The van der Waals surface area contributed by atoms with E-state index in [1.54, 1.807) is 6.07 Å². The maximum Gasteiger partial charge on any atom is 0.206 e. The highest BCUT2D eigenvalue weighted by Crippen LogP contribution is 2.26. The molecule has 0 aliphatic carbocycles. The van der Waals surface area contributed by atoms with Crippen LogP contribution in [-0.4, -0.2) is 0 Å². The minimum atomic E-state index is 0.0259. The van der Waals surface area contributed by atoms with Crippen molar-refractivity contribution in [2.45, 2.75) is 6.92 Å². The summed E-state index contributed by atoms with van der Waals surface area (Å²) in [5.74, 6) is 0.643. The number of para-hydroxylation sites is 1. The Morgan fingerprint density at radius 2 is 1.68 bits per heavy atom. The Bertz CT molecular complexity index is 801. The van der Waals surface area contributed by atoms with Crippen molar-refractivity contribution in [2.24, 2.45) is 0 Å². The predicted octanol–water partition coefficient (Wildman–Crippen LogP) is 4.37. The lowest BCUT2D eigenvalue weighted by atomic mass is 10.1. The Kier molecular flexibility index (Phi) is 3.14. The van der Waals surface area contributed by atoms with Crippen LogP contribution >= 0.6 is 22.6 Å². The average molecular weight is 362 g/mol. The van der Waals surface area contributed by atoms with Gasteiger partial charge in [0.15, 0.2) is 5.76 Å². The number of hydrogen-bond acceptors (Lipinski definition) is 2. The van der Waals surface area contributed by atoms with Crippen molar-refractivity contribution >= 4 is 33.6 Å². The number of halogens is 1. The molecule has 94 valence electrons. The first-order valence-corrected chi connectivity index (χ1v) is 7.03. The molecule has 19 heavy (non-hydrogen) atoms. The fraction of sp³-hybridized carbons (Fsp3) is 0.0625. The van der Waals surface area contributed by atoms with E-state index in [1.807, 2.05) is 49.4 Å². The van der Waals surface area contributed by atoms with Gasteiger partial charge in [-0.25, -0.2) is 0 Å². The van der Waals surface area contributed by atoms with E-state index >= 15 is 0 Å². The molecule has 2 nitrogen and oxygen atoms in total. The van der Waals surface area contributed by atoms with Gasteiger partial charge in [-0.15, -0.1) is 0 Å². The molecule has 2 aromatic carbocycles. The molecule has 3 heteroatoms. The van der Waals surface area contributed by atoms with E-state index in [0.717, 1.165) is 5.56 Å². The van der Waals surface area contributed by atoms with Gasteiger partial charge >= 0.3 is 0 Å². The summed E-state index contributed by atoms with van der Waals surface area (Å²) in [6.45, 7) is 2.03. The molecule has 1 aromatic heterocycles. The molecule has 0 atom stereocenters. The molecule has 0 aliphatic heterocycles. The van der Waals surface area contributed by atoms with Crippen LogP contribution in [0.5, 0.6) is 0 Å². The normalized spacial score (nSPS) is 10.8. The first-order chi connectivity index (χ1) is 9.16. The molecule has 0 spiro atoms. The van der Waals surface area contributed by atoms with Crippen LogP contribution in [0.15, 0.2) is 57.7 Å². The third-order valence-electron chi connectivity index (χ3n) is 3.06. The molecule has 0 N–H and O–H groups in total. The minimum Gasteiger partial charge on any atom is -0.455 e. The molecule has 0 bridgehead atoms. The lowest BCUT2D eigenvalue weighted by molar-refractivity contribution is 0.615. The van der Waals surface area contributed by atoms with Crippen LogP contribution in [0.4, 0.5) is 0 Å². The van der Waals surface area contributed by atoms with E-state index in [0.29, 0.717) is 20.3 Å². The van der Waals surface area contributed by atoms with Crippen LogP contribution in [0.25, 0.3) is 22.3 Å². The van der Waals surface area contributed by atoms with Crippen LogP contribution < -0.4 is 5.43 Å².